The number of rotatable bonds is 6. The maximum Gasteiger partial charge on any atom is 0.323 e. The number of amides is 4. The van der Waals surface area contributed by atoms with Gasteiger partial charge in [-0.1, -0.05) is 41.9 Å². The Bertz CT molecular complexity index is 1390. The Morgan fingerprint density at radius 1 is 1.16 bits per heavy atom. The van der Waals surface area contributed by atoms with Crippen LogP contribution in [-0.4, -0.2) is 65.1 Å². The number of hydrogen-bond acceptors (Lipinski definition) is 4. The average Bonchev–Trinajstić information content (AvgIpc) is 3.35. The maximum atomic E-state index is 14.8. The standard InChI is InChI=1S/C26H28ClFN6O3/c1-32(2)12-18(16-7-5-8-17(27)23(16)28)30-24(35)22-11-14-10-21(14)34(22)26(37)31-19-13-33(25(29)36)20-9-4-3-6-15(19)20/h3-9,13-14,18,21-22H,10-12H2,1-2H3,(H2,29,36)(H,30,35)(H,31,37)/t14-,18-,21-,22+/m1/s1. The van der Waals surface area contributed by atoms with Crippen molar-refractivity contribution in [3.63, 3.8) is 0 Å². The van der Waals surface area contributed by atoms with Gasteiger partial charge in [0.25, 0.3) is 0 Å². The minimum atomic E-state index is -0.708. The Kier molecular flexibility index (Phi) is 6.55. The number of benzene rings is 2. The van der Waals surface area contributed by atoms with Crippen LogP contribution in [0.2, 0.25) is 5.02 Å². The summed E-state index contributed by atoms with van der Waals surface area (Å²) in [4.78, 5) is 42.2. The first-order valence-corrected chi connectivity index (χ1v) is 12.4. The van der Waals surface area contributed by atoms with Crippen LogP contribution in [0.3, 0.4) is 0 Å². The molecule has 0 bridgehead atoms. The quantitative estimate of drug-likeness (QED) is 0.453. The molecule has 2 aromatic carbocycles. The summed E-state index contributed by atoms with van der Waals surface area (Å²) in [6.07, 6.45) is 2.83. The molecule has 0 spiro atoms. The number of nitrogens with two attached hydrogens (primary N) is 1. The van der Waals surface area contributed by atoms with Crippen LogP contribution in [0.4, 0.5) is 19.7 Å². The van der Waals surface area contributed by atoms with E-state index in [2.05, 4.69) is 10.6 Å². The number of likely N-dealkylation sites (tertiary alicyclic amines) is 1. The number of nitrogens with one attached hydrogen (secondary N) is 2. The van der Waals surface area contributed by atoms with Gasteiger partial charge >= 0.3 is 12.1 Å². The van der Waals surface area contributed by atoms with Crippen molar-refractivity contribution in [1.29, 1.82) is 0 Å². The fourth-order valence-corrected chi connectivity index (χ4v) is 5.45. The molecular weight excluding hydrogens is 499 g/mol. The van der Waals surface area contributed by atoms with Gasteiger partial charge in [0.2, 0.25) is 5.91 Å². The van der Waals surface area contributed by atoms with E-state index in [1.54, 1.807) is 41.3 Å². The molecule has 11 heteroatoms. The highest BCUT2D eigenvalue weighted by Crippen LogP contribution is 2.48. The minimum Gasteiger partial charge on any atom is -0.351 e. The lowest BCUT2D eigenvalue weighted by atomic mass is 10.0. The van der Waals surface area contributed by atoms with Crippen LogP contribution in [0.1, 0.15) is 24.4 Å². The molecule has 4 amide bonds. The molecule has 4 atom stereocenters. The van der Waals surface area contributed by atoms with Crippen LogP contribution in [-0.2, 0) is 4.79 Å². The molecule has 2 aliphatic rings. The van der Waals surface area contributed by atoms with Crippen molar-refractivity contribution < 1.29 is 18.8 Å². The van der Waals surface area contributed by atoms with Crippen LogP contribution >= 0.6 is 11.6 Å². The summed E-state index contributed by atoms with van der Waals surface area (Å²) in [6, 6.07) is 9.27. The number of anilines is 1. The van der Waals surface area contributed by atoms with Crippen molar-refractivity contribution in [2.45, 2.75) is 31.0 Å². The van der Waals surface area contributed by atoms with Crippen LogP contribution in [0.5, 0.6) is 0 Å². The molecule has 1 aliphatic carbocycles. The van der Waals surface area contributed by atoms with Gasteiger partial charge in [-0.05, 0) is 45.0 Å². The van der Waals surface area contributed by atoms with Gasteiger partial charge in [0.15, 0.2) is 0 Å². The first-order valence-electron chi connectivity index (χ1n) is 12.0. The van der Waals surface area contributed by atoms with E-state index in [9.17, 15) is 18.8 Å². The molecule has 37 heavy (non-hydrogen) atoms. The van der Waals surface area contributed by atoms with E-state index >= 15 is 0 Å². The second kappa shape index (κ2) is 9.68. The first kappa shape index (κ1) is 25.0. The zero-order chi connectivity index (χ0) is 26.4. The third kappa shape index (κ3) is 4.74. The van der Waals surface area contributed by atoms with Crippen LogP contribution < -0.4 is 16.4 Å². The van der Waals surface area contributed by atoms with Crippen molar-refractivity contribution in [2.75, 3.05) is 26.0 Å². The fourth-order valence-electron chi connectivity index (χ4n) is 5.27. The van der Waals surface area contributed by atoms with Gasteiger partial charge in [0, 0.05) is 29.7 Å². The summed E-state index contributed by atoms with van der Waals surface area (Å²) in [6.45, 7) is 0.349. The van der Waals surface area contributed by atoms with Crippen LogP contribution in [0.25, 0.3) is 10.9 Å². The molecule has 4 N–H and O–H groups in total. The van der Waals surface area contributed by atoms with Crippen molar-refractivity contribution in [3.05, 3.63) is 65.1 Å². The zero-order valence-electron chi connectivity index (χ0n) is 20.4. The van der Waals surface area contributed by atoms with E-state index in [-0.39, 0.29) is 28.5 Å². The lowest BCUT2D eigenvalue weighted by Crippen LogP contribution is -2.51. The zero-order valence-corrected chi connectivity index (χ0v) is 21.2. The Balaban J connectivity index is 1.37. The van der Waals surface area contributed by atoms with Crippen molar-refractivity contribution >= 4 is 46.2 Å². The third-order valence-electron chi connectivity index (χ3n) is 7.05. The van der Waals surface area contributed by atoms with E-state index in [1.165, 1.54) is 16.8 Å². The number of carbonyl (C=O) groups is 3. The number of para-hydroxylation sites is 1. The summed E-state index contributed by atoms with van der Waals surface area (Å²) < 4.78 is 16.1. The van der Waals surface area contributed by atoms with Crippen molar-refractivity contribution in [2.24, 2.45) is 11.7 Å². The highest BCUT2D eigenvalue weighted by Gasteiger charge is 2.56. The smallest absolute Gasteiger partial charge is 0.323 e. The van der Waals surface area contributed by atoms with E-state index < -0.39 is 30.0 Å². The van der Waals surface area contributed by atoms with Gasteiger partial charge in [0.05, 0.1) is 22.3 Å². The predicted octanol–water partition coefficient (Wildman–Crippen LogP) is 3.77. The molecule has 1 saturated carbocycles. The van der Waals surface area contributed by atoms with E-state index in [0.717, 1.165) is 6.42 Å². The number of likely N-dealkylation sites (N-methyl/N-ethyl adjacent to an activating group) is 1. The summed E-state index contributed by atoms with van der Waals surface area (Å²) >= 11 is 5.99. The number of carbonyl (C=O) groups excluding carboxylic acids is 3. The topological polar surface area (TPSA) is 113 Å². The number of hydrogen-bond donors (Lipinski definition) is 3. The first-order chi connectivity index (χ1) is 17.7. The lowest BCUT2D eigenvalue weighted by molar-refractivity contribution is -0.126. The molecule has 2 heterocycles. The Labute approximate surface area is 218 Å². The number of nitrogens with zero attached hydrogens (tertiary/aromatic N) is 3. The molecule has 9 nitrogen and oxygen atoms in total. The van der Waals surface area contributed by atoms with Crippen molar-refractivity contribution in [3.8, 4) is 0 Å². The van der Waals surface area contributed by atoms with Gasteiger partial charge in [-0.3, -0.25) is 9.36 Å². The Hall–Kier alpha value is -3.63. The molecule has 1 saturated heterocycles. The number of aromatic nitrogens is 1. The number of halogens is 2. The molecule has 1 aromatic heterocycles. The summed E-state index contributed by atoms with van der Waals surface area (Å²) in [7, 11) is 3.66. The normalized spacial score (nSPS) is 21.1. The van der Waals surface area contributed by atoms with Gasteiger partial charge in [0.1, 0.15) is 11.9 Å². The van der Waals surface area contributed by atoms with Gasteiger partial charge in [-0.15, -0.1) is 0 Å². The monoisotopic (exact) mass is 526 g/mol. The highest BCUT2D eigenvalue weighted by molar-refractivity contribution is 6.30. The molecule has 3 aromatic rings. The lowest BCUT2D eigenvalue weighted by Gasteiger charge is -2.30. The van der Waals surface area contributed by atoms with Gasteiger partial charge in [-0.2, -0.15) is 0 Å². The fraction of sp³-hybridized carbons (Fsp3) is 0.346. The molecule has 5 rings (SSSR count). The summed E-state index contributed by atoms with van der Waals surface area (Å²) in [5.41, 5.74) is 6.77. The second-order valence-corrected chi connectivity index (χ2v) is 10.3. The highest BCUT2D eigenvalue weighted by atomic mass is 35.5. The minimum absolute atomic E-state index is 0.0197. The average molecular weight is 527 g/mol. The molecule has 0 unspecified atom stereocenters. The van der Waals surface area contributed by atoms with E-state index in [4.69, 9.17) is 17.3 Å². The summed E-state index contributed by atoms with van der Waals surface area (Å²) in [5, 5.41) is 6.45. The molecule has 0 radical (unpaired) electrons. The Morgan fingerprint density at radius 2 is 1.92 bits per heavy atom. The van der Waals surface area contributed by atoms with Crippen LogP contribution in [0.15, 0.2) is 48.7 Å². The molecular formula is C26H28ClFN6O3. The molecule has 2 fully saturated rings. The largest absolute Gasteiger partial charge is 0.351 e. The van der Waals surface area contributed by atoms with Gasteiger partial charge < -0.3 is 26.2 Å². The van der Waals surface area contributed by atoms with E-state index in [0.29, 0.717) is 29.6 Å². The number of fused-ring (bicyclic) bond motifs is 2. The maximum absolute atomic E-state index is 14.8. The summed E-state index contributed by atoms with van der Waals surface area (Å²) in [5.74, 6) is -0.692. The second-order valence-electron chi connectivity index (χ2n) is 9.89. The van der Waals surface area contributed by atoms with Gasteiger partial charge in [-0.25, -0.2) is 14.0 Å². The molecule has 1 aliphatic heterocycles. The third-order valence-corrected chi connectivity index (χ3v) is 7.35. The number of urea groups is 1. The number of piperidine rings is 1. The van der Waals surface area contributed by atoms with E-state index in [1.807, 2.05) is 19.0 Å². The number of primary amides is 1. The molecule has 194 valence electrons. The Morgan fingerprint density at radius 3 is 2.65 bits per heavy atom. The SMILES string of the molecule is CN(C)C[C@@H](NC(=O)[C@@H]1C[C@H]2C[C@H]2N1C(=O)Nc1cn(C(N)=O)c2ccccc12)c1cccc(Cl)c1F. The predicted molar refractivity (Wildman–Crippen MR) is 139 cm³/mol. The van der Waals surface area contributed by atoms with Crippen molar-refractivity contribution in [1.82, 2.24) is 19.7 Å². The van der Waals surface area contributed by atoms with Crippen LogP contribution in [0, 0.1) is 11.7 Å².